The van der Waals surface area contributed by atoms with E-state index in [9.17, 15) is 13.6 Å². The predicted molar refractivity (Wildman–Crippen MR) is 82.7 cm³/mol. The predicted octanol–water partition coefficient (Wildman–Crippen LogP) is 1.98. The number of hydroxylamine groups is 2. The lowest BCUT2D eigenvalue weighted by Gasteiger charge is -2.28. The maximum atomic E-state index is 12.6. The van der Waals surface area contributed by atoms with Crippen molar-refractivity contribution < 1.29 is 23.1 Å². The molecule has 0 aromatic heterocycles. The van der Waals surface area contributed by atoms with E-state index in [2.05, 4.69) is 0 Å². The molecule has 7 heteroatoms. The van der Waals surface area contributed by atoms with E-state index in [4.69, 9.17) is 9.47 Å². The molecule has 1 aliphatic heterocycles. The molecule has 0 bridgehead atoms. The molecular formula is C16H17NO5S. The molecule has 1 atom stereocenters. The van der Waals surface area contributed by atoms with E-state index < -0.39 is 9.84 Å². The smallest absolute Gasteiger partial charge is 0.206 e. The molecule has 0 unspecified atom stereocenters. The molecule has 2 aromatic rings. The van der Waals surface area contributed by atoms with Gasteiger partial charge in [0.2, 0.25) is 9.84 Å². The summed E-state index contributed by atoms with van der Waals surface area (Å²) in [6, 6.07) is 12.8. The first-order valence-electron chi connectivity index (χ1n) is 7.10. The molecule has 1 N–H and O–H groups in total. The molecule has 6 nitrogen and oxygen atoms in total. The zero-order chi connectivity index (χ0) is 16.4. The summed E-state index contributed by atoms with van der Waals surface area (Å²) in [6.45, 7) is 0.553. The minimum absolute atomic E-state index is 0.143. The summed E-state index contributed by atoms with van der Waals surface area (Å²) in [4.78, 5) is 0.368. The minimum atomic E-state index is -3.61. The normalized spacial score (nSPS) is 17.3. The van der Waals surface area contributed by atoms with Gasteiger partial charge in [-0.25, -0.2) is 8.42 Å². The van der Waals surface area contributed by atoms with Gasteiger partial charge in [-0.1, -0.05) is 18.2 Å². The summed E-state index contributed by atoms with van der Waals surface area (Å²) in [7, 11) is -2.10. The maximum Gasteiger partial charge on any atom is 0.206 e. The van der Waals surface area contributed by atoms with Crippen LogP contribution in [0, 0.1) is 0 Å². The fourth-order valence-electron chi connectivity index (χ4n) is 2.38. The number of likely N-dealkylation sites (N-methyl/N-ethyl adjacent to an activating group) is 1. The third-order valence-corrected chi connectivity index (χ3v) is 5.23. The molecule has 2 aromatic carbocycles. The Kier molecular flexibility index (Phi) is 4.25. The molecule has 0 spiro atoms. The third-order valence-electron chi connectivity index (χ3n) is 3.47. The quantitative estimate of drug-likeness (QED) is 0.861. The van der Waals surface area contributed by atoms with E-state index in [1.807, 2.05) is 0 Å². The highest BCUT2D eigenvalue weighted by molar-refractivity contribution is 7.91. The van der Waals surface area contributed by atoms with Gasteiger partial charge in [0.25, 0.3) is 0 Å². The summed E-state index contributed by atoms with van der Waals surface area (Å²) in [6.07, 6.45) is -0.368. The third kappa shape index (κ3) is 3.31. The Hall–Kier alpha value is -2.09. The molecule has 3 rings (SSSR count). The molecular weight excluding hydrogens is 318 g/mol. The SMILES string of the molecule is CN(O)C[C@H]1COc2ccc(S(=O)(=O)c3ccccc3)cc2O1. The van der Waals surface area contributed by atoms with Crippen LogP contribution in [0.25, 0.3) is 0 Å². The van der Waals surface area contributed by atoms with E-state index in [-0.39, 0.29) is 22.4 Å². The molecule has 23 heavy (non-hydrogen) atoms. The largest absolute Gasteiger partial charge is 0.486 e. The lowest BCUT2D eigenvalue weighted by Crippen LogP contribution is -2.38. The first-order valence-corrected chi connectivity index (χ1v) is 8.59. The highest BCUT2D eigenvalue weighted by Gasteiger charge is 2.25. The van der Waals surface area contributed by atoms with Gasteiger partial charge >= 0.3 is 0 Å². The van der Waals surface area contributed by atoms with Crippen molar-refractivity contribution in [1.29, 1.82) is 0 Å². The number of nitrogens with zero attached hydrogens (tertiary/aromatic N) is 1. The first kappa shape index (κ1) is 15.8. The van der Waals surface area contributed by atoms with Crippen molar-refractivity contribution >= 4 is 9.84 Å². The average Bonchev–Trinajstić information content (AvgIpc) is 2.54. The Balaban J connectivity index is 1.92. The second-order valence-corrected chi connectivity index (χ2v) is 7.27. The molecule has 0 aliphatic carbocycles. The van der Waals surface area contributed by atoms with Crippen LogP contribution in [0.1, 0.15) is 0 Å². The lowest BCUT2D eigenvalue weighted by atomic mass is 10.2. The van der Waals surface area contributed by atoms with Gasteiger partial charge in [0.05, 0.1) is 16.3 Å². The van der Waals surface area contributed by atoms with E-state index in [0.717, 1.165) is 5.06 Å². The van der Waals surface area contributed by atoms with Crippen LogP contribution < -0.4 is 9.47 Å². The van der Waals surface area contributed by atoms with Crippen LogP contribution in [-0.4, -0.2) is 45.0 Å². The van der Waals surface area contributed by atoms with Crippen molar-refractivity contribution in [2.45, 2.75) is 15.9 Å². The van der Waals surface area contributed by atoms with Gasteiger partial charge in [-0.15, -0.1) is 0 Å². The fraction of sp³-hybridized carbons (Fsp3) is 0.250. The van der Waals surface area contributed by atoms with Crippen molar-refractivity contribution in [3.63, 3.8) is 0 Å². The number of benzene rings is 2. The molecule has 0 radical (unpaired) electrons. The summed E-state index contributed by atoms with van der Waals surface area (Å²) in [5.74, 6) is 0.856. The second kappa shape index (κ2) is 6.19. The van der Waals surface area contributed by atoms with Crippen LogP contribution >= 0.6 is 0 Å². The Bertz CT molecular complexity index is 789. The van der Waals surface area contributed by atoms with Gasteiger partial charge < -0.3 is 14.7 Å². The molecule has 0 saturated heterocycles. The molecule has 0 saturated carbocycles. The van der Waals surface area contributed by atoms with Crippen LogP contribution in [-0.2, 0) is 9.84 Å². The van der Waals surface area contributed by atoms with E-state index in [1.165, 1.54) is 19.2 Å². The molecule has 122 valence electrons. The number of sulfone groups is 1. The van der Waals surface area contributed by atoms with E-state index >= 15 is 0 Å². The monoisotopic (exact) mass is 335 g/mol. The molecule has 1 heterocycles. The second-order valence-electron chi connectivity index (χ2n) is 5.32. The zero-order valence-corrected chi connectivity index (χ0v) is 13.4. The van der Waals surface area contributed by atoms with Crippen molar-refractivity contribution in [3.05, 3.63) is 48.5 Å². The molecule has 0 fully saturated rings. The lowest BCUT2D eigenvalue weighted by molar-refractivity contribution is -0.0944. The van der Waals surface area contributed by atoms with Crippen molar-refractivity contribution in [1.82, 2.24) is 5.06 Å². The summed E-state index contributed by atoms with van der Waals surface area (Å²) in [5.41, 5.74) is 0. The summed E-state index contributed by atoms with van der Waals surface area (Å²) < 4.78 is 36.5. The Morgan fingerprint density at radius 3 is 2.57 bits per heavy atom. The van der Waals surface area contributed by atoms with Crippen LogP contribution in [0.3, 0.4) is 0 Å². The van der Waals surface area contributed by atoms with Crippen molar-refractivity contribution in [2.75, 3.05) is 20.2 Å². The van der Waals surface area contributed by atoms with Crippen LogP contribution in [0.5, 0.6) is 11.5 Å². The summed E-state index contributed by atoms with van der Waals surface area (Å²) >= 11 is 0. The van der Waals surface area contributed by atoms with Crippen molar-refractivity contribution in [2.24, 2.45) is 0 Å². The Labute approximate surface area is 134 Å². The first-order chi connectivity index (χ1) is 11.0. The standard InChI is InChI=1S/C16H17NO5S/c1-17(18)10-12-11-21-15-8-7-14(9-16(15)22-12)23(19,20)13-5-3-2-4-6-13/h2-9,12,18H,10-11H2,1H3/t12-/m0/s1. The molecule has 1 aliphatic rings. The number of hydrogen-bond acceptors (Lipinski definition) is 6. The topological polar surface area (TPSA) is 76.1 Å². The van der Waals surface area contributed by atoms with Gasteiger partial charge in [0.15, 0.2) is 11.5 Å². The van der Waals surface area contributed by atoms with Gasteiger partial charge in [-0.05, 0) is 24.3 Å². The highest BCUT2D eigenvalue weighted by Crippen LogP contribution is 2.35. The fourth-order valence-corrected chi connectivity index (χ4v) is 3.68. The van der Waals surface area contributed by atoms with E-state index in [0.29, 0.717) is 18.1 Å². The Morgan fingerprint density at radius 1 is 1.13 bits per heavy atom. The average molecular weight is 335 g/mol. The number of ether oxygens (including phenoxy) is 2. The van der Waals surface area contributed by atoms with Crippen LogP contribution in [0.4, 0.5) is 0 Å². The number of hydrogen-bond donors (Lipinski definition) is 1. The highest BCUT2D eigenvalue weighted by atomic mass is 32.2. The van der Waals surface area contributed by atoms with Gasteiger partial charge in [0.1, 0.15) is 12.7 Å². The Morgan fingerprint density at radius 2 is 1.87 bits per heavy atom. The van der Waals surface area contributed by atoms with Crippen LogP contribution in [0.15, 0.2) is 58.3 Å². The number of rotatable bonds is 4. The minimum Gasteiger partial charge on any atom is -0.486 e. The van der Waals surface area contributed by atoms with Crippen LogP contribution in [0.2, 0.25) is 0 Å². The number of fused-ring (bicyclic) bond motifs is 1. The van der Waals surface area contributed by atoms with Crippen molar-refractivity contribution in [3.8, 4) is 11.5 Å². The zero-order valence-electron chi connectivity index (χ0n) is 12.5. The van der Waals surface area contributed by atoms with Gasteiger partial charge in [0, 0.05) is 13.1 Å². The van der Waals surface area contributed by atoms with Gasteiger partial charge in [-0.3, -0.25) is 0 Å². The van der Waals surface area contributed by atoms with E-state index in [1.54, 1.807) is 36.4 Å². The summed E-state index contributed by atoms with van der Waals surface area (Å²) in [5, 5.41) is 10.3. The van der Waals surface area contributed by atoms with Gasteiger partial charge in [-0.2, -0.15) is 5.06 Å². The molecule has 0 amide bonds. The maximum absolute atomic E-state index is 12.6.